The topological polar surface area (TPSA) is 45.4 Å². The fourth-order valence-corrected chi connectivity index (χ4v) is 3.64. The number of rotatable bonds is 6. The Morgan fingerprint density at radius 2 is 1.41 bits per heavy atom. The summed E-state index contributed by atoms with van der Waals surface area (Å²) >= 11 is 0. The van der Waals surface area contributed by atoms with Crippen molar-refractivity contribution in [3.8, 4) is 0 Å². The summed E-state index contributed by atoms with van der Waals surface area (Å²) in [7, 11) is 0. The van der Waals surface area contributed by atoms with Crippen molar-refractivity contribution < 1.29 is 13.3 Å². The molecule has 0 atom stereocenters. The molecule has 0 spiro atoms. The average Bonchev–Trinajstić information content (AvgIpc) is 3.03. The van der Waals surface area contributed by atoms with Crippen LogP contribution in [0, 0.1) is 11.6 Å². The molecule has 0 amide bonds. The molecule has 1 aliphatic rings. The van der Waals surface area contributed by atoms with E-state index in [-0.39, 0.29) is 11.6 Å². The van der Waals surface area contributed by atoms with Crippen LogP contribution in [0.2, 0.25) is 0 Å². The van der Waals surface area contributed by atoms with Gasteiger partial charge in [-0.2, -0.15) is 4.98 Å². The standard InChI is InChI=1S/C22H24F2N4O/c23-19-8-3-1-6-17(19)14-21-25-22(29-26-21)16-28-11-5-10-27(12-13-28)15-18-7-2-4-9-20(18)24/h1-4,6-9H,5,10-16H2. The number of halogens is 2. The van der Waals surface area contributed by atoms with E-state index in [9.17, 15) is 8.78 Å². The first kappa shape index (κ1) is 19.7. The molecule has 152 valence electrons. The lowest BCUT2D eigenvalue weighted by Gasteiger charge is -2.21. The summed E-state index contributed by atoms with van der Waals surface area (Å²) in [5, 5.41) is 3.99. The Balaban J connectivity index is 1.31. The van der Waals surface area contributed by atoms with Crippen LogP contribution in [0.25, 0.3) is 0 Å². The van der Waals surface area contributed by atoms with Gasteiger partial charge in [0.25, 0.3) is 0 Å². The normalized spacial score (nSPS) is 16.1. The van der Waals surface area contributed by atoms with Crippen LogP contribution in [0.15, 0.2) is 53.1 Å². The summed E-state index contributed by atoms with van der Waals surface area (Å²) in [6.45, 7) is 4.72. The van der Waals surface area contributed by atoms with Gasteiger partial charge in [0.1, 0.15) is 11.6 Å². The average molecular weight is 398 g/mol. The van der Waals surface area contributed by atoms with E-state index >= 15 is 0 Å². The highest BCUT2D eigenvalue weighted by atomic mass is 19.1. The van der Waals surface area contributed by atoms with Crippen molar-refractivity contribution in [2.24, 2.45) is 0 Å². The fourth-order valence-electron chi connectivity index (χ4n) is 3.64. The zero-order valence-corrected chi connectivity index (χ0v) is 16.2. The molecule has 0 radical (unpaired) electrons. The van der Waals surface area contributed by atoms with E-state index in [1.807, 2.05) is 12.1 Å². The van der Waals surface area contributed by atoms with E-state index < -0.39 is 0 Å². The minimum absolute atomic E-state index is 0.151. The van der Waals surface area contributed by atoms with E-state index in [1.165, 1.54) is 12.1 Å². The lowest BCUT2D eigenvalue weighted by Crippen LogP contribution is -2.30. The molecule has 2 aromatic carbocycles. The maximum Gasteiger partial charge on any atom is 0.240 e. The van der Waals surface area contributed by atoms with Crippen LogP contribution in [0.4, 0.5) is 8.78 Å². The third kappa shape index (κ3) is 5.25. The molecule has 29 heavy (non-hydrogen) atoms. The van der Waals surface area contributed by atoms with E-state index in [1.54, 1.807) is 24.3 Å². The first-order valence-corrected chi connectivity index (χ1v) is 9.90. The van der Waals surface area contributed by atoms with Gasteiger partial charge in [0.05, 0.1) is 6.54 Å². The zero-order chi connectivity index (χ0) is 20.1. The number of aromatic nitrogens is 2. The molecule has 1 fully saturated rings. The third-order valence-electron chi connectivity index (χ3n) is 5.21. The van der Waals surface area contributed by atoms with Crippen LogP contribution in [0.3, 0.4) is 0 Å². The van der Waals surface area contributed by atoms with Gasteiger partial charge in [-0.25, -0.2) is 8.78 Å². The number of hydrogen-bond acceptors (Lipinski definition) is 5. The molecular weight excluding hydrogens is 374 g/mol. The van der Waals surface area contributed by atoms with Gasteiger partial charge in [0.15, 0.2) is 5.82 Å². The van der Waals surface area contributed by atoms with E-state index in [0.29, 0.717) is 36.8 Å². The van der Waals surface area contributed by atoms with E-state index in [4.69, 9.17) is 4.52 Å². The van der Waals surface area contributed by atoms with Gasteiger partial charge < -0.3 is 4.52 Å². The highest BCUT2D eigenvalue weighted by Crippen LogP contribution is 2.15. The summed E-state index contributed by atoms with van der Waals surface area (Å²) < 4.78 is 33.1. The smallest absolute Gasteiger partial charge is 0.240 e. The largest absolute Gasteiger partial charge is 0.338 e. The van der Waals surface area contributed by atoms with Gasteiger partial charge in [-0.3, -0.25) is 9.80 Å². The summed E-state index contributed by atoms with van der Waals surface area (Å²) in [5.74, 6) is 0.614. The van der Waals surface area contributed by atoms with Crippen molar-refractivity contribution >= 4 is 0 Å². The lowest BCUT2D eigenvalue weighted by atomic mass is 10.1. The Morgan fingerprint density at radius 3 is 2.10 bits per heavy atom. The molecule has 3 aromatic rings. The summed E-state index contributed by atoms with van der Waals surface area (Å²) in [4.78, 5) is 8.96. The summed E-state index contributed by atoms with van der Waals surface area (Å²) in [5.41, 5.74) is 1.29. The Kier molecular flexibility index (Phi) is 6.27. The molecule has 0 aliphatic carbocycles. The van der Waals surface area contributed by atoms with Gasteiger partial charge in [0.2, 0.25) is 5.89 Å². The summed E-state index contributed by atoms with van der Waals surface area (Å²) in [6, 6.07) is 13.6. The minimum atomic E-state index is -0.263. The molecule has 7 heteroatoms. The van der Waals surface area contributed by atoms with Crippen LogP contribution >= 0.6 is 0 Å². The van der Waals surface area contributed by atoms with Gasteiger partial charge >= 0.3 is 0 Å². The van der Waals surface area contributed by atoms with Crippen molar-refractivity contribution in [2.75, 3.05) is 26.2 Å². The van der Waals surface area contributed by atoms with Gasteiger partial charge in [-0.05, 0) is 37.2 Å². The number of hydrogen-bond donors (Lipinski definition) is 0. The Hall–Kier alpha value is -2.64. The molecule has 2 heterocycles. The second-order valence-corrected chi connectivity index (χ2v) is 7.37. The first-order chi connectivity index (χ1) is 14.2. The van der Waals surface area contributed by atoms with Crippen LogP contribution in [0.5, 0.6) is 0 Å². The Bertz CT molecular complexity index is 946. The van der Waals surface area contributed by atoms with Crippen molar-refractivity contribution in [3.63, 3.8) is 0 Å². The SMILES string of the molecule is Fc1ccccc1Cc1noc(CN2CCCN(Cc3ccccc3F)CC2)n1. The molecule has 0 bridgehead atoms. The van der Waals surface area contributed by atoms with Crippen LogP contribution in [-0.4, -0.2) is 46.1 Å². The van der Waals surface area contributed by atoms with E-state index in [0.717, 1.165) is 38.2 Å². The molecule has 1 saturated heterocycles. The third-order valence-corrected chi connectivity index (χ3v) is 5.21. The van der Waals surface area contributed by atoms with Crippen molar-refractivity contribution in [3.05, 3.63) is 83.0 Å². The first-order valence-electron chi connectivity index (χ1n) is 9.90. The fraction of sp³-hybridized carbons (Fsp3) is 0.364. The van der Waals surface area contributed by atoms with Crippen molar-refractivity contribution in [1.82, 2.24) is 19.9 Å². The second kappa shape index (κ2) is 9.24. The molecule has 4 rings (SSSR count). The van der Waals surface area contributed by atoms with Crippen LogP contribution < -0.4 is 0 Å². The molecule has 1 aromatic heterocycles. The Morgan fingerprint density at radius 1 is 0.793 bits per heavy atom. The molecule has 0 N–H and O–H groups in total. The van der Waals surface area contributed by atoms with Gasteiger partial charge in [-0.1, -0.05) is 41.6 Å². The van der Waals surface area contributed by atoms with Gasteiger partial charge in [0, 0.05) is 31.6 Å². The molecule has 5 nitrogen and oxygen atoms in total. The zero-order valence-electron chi connectivity index (χ0n) is 16.2. The predicted octanol–water partition coefficient (Wildman–Crippen LogP) is 3.65. The van der Waals surface area contributed by atoms with Gasteiger partial charge in [-0.15, -0.1) is 0 Å². The maximum absolute atomic E-state index is 13.9. The summed E-state index contributed by atoms with van der Waals surface area (Å²) in [6.07, 6.45) is 1.30. The second-order valence-electron chi connectivity index (χ2n) is 7.37. The molecule has 0 unspecified atom stereocenters. The highest BCUT2D eigenvalue weighted by Gasteiger charge is 2.18. The molecular formula is C22H24F2N4O. The highest BCUT2D eigenvalue weighted by molar-refractivity contribution is 5.20. The monoisotopic (exact) mass is 398 g/mol. The van der Waals surface area contributed by atoms with Crippen LogP contribution in [0.1, 0.15) is 29.3 Å². The lowest BCUT2D eigenvalue weighted by molar-refractivity contribution is 0.221. The van der Waals surface area contributed by atoms with Crippen molar-refractivity contribution in [1.29, 1.82) is 0 Å². The predicted molar refractivity (Wildman–Crippen MR) is 105 cm³/mol. The number of nitrogens with zero attached hydrogens (tertiary/aromatic N) is 4. The number of benzene rings is 2. The maximum atomic E-state index is 13.9. The van der Waals surface area contributed by atoms with Crippen LogP contribution in [-0.2, 0) is 19.5 Å². The quantitative estimate of drug-likeness (QED) is 0.634. The van der Waals surface area contributed by atoms with E-state index in [2.05, 4.69) is 19.9 Å². The molecule has 1 aliphatic heterocycles. The minimum Gasteiger partial charge on any atom is -0.338 e. The molecule has 0 saturated carbocycles. The Labute approximate surface area is 168 Å². The van der Waals surface area contributed by atoms with Crippen molar-refractivity contribution in [2.45, 2.75) is 25.9 Å².